The number of aromatic nitrogens is 3. The predicted molar refractivity (Wildman–Crippen MR) is 116 cm³/mol. The highest BCUT2D eigenvalue weighted by atomic mass is 19.1. The average Bonchev–Trinajstić information content (AvgIpc) is 3.10. The lowest BCUT2D eigenvalue weighted by Crippen LogP contribution is -2.14. The second-order valence-electron chi connectivity index (χ2n) is 7.15. The van der Waals surface area contributed by atoms with E-state index >= 15 is 0 Å². The molecular weight excluding hydrogens is 397 g/mol. The molecule has 5 rings (SSSR count). The molecule has 0 radical (unpaired) electrons. The molecule has 0 aliphatic carbocycles. The lowest BCUT2D eigenvalue weighted by Gasteiger charge is -2.10. The molecule has 0 amide bonds. The van der Waals surface area contributed by atoms with Gasteiger partial charge in [0.05, 0.1) is 23.1 Å². The van der Waals surface area contributed by atoms with E-state index in [9.17, 15) is 19.1 Å². The number of aromatic amines is 1. The van der Waals surface area contributed by atoms with Crippen LogP contribution in [0.4, 0.5) is 4.39 Å². The summed E-state index contributed by atoms with van der Waals surface area (Å²) in [6, 6.07) is 16.7. The van der Waals surface area contributed by atoms with E-state index in [1.54, 1.807) is 48.7 Å². The van der Waals surface area contributed by atoms with Gasteiger partial charge in [-0.2, -0.15) is 0 Å². The maximum absolute atomic E-state index is 14.4. The molecule has 0 spiro atoms. The Labute approximate surface area is 175 Å². The van der Waals surface area contributed by atoms with Gasteiger partial charge in [0, 0.05) is 34.3 Å². The third-order valence-corrected chi connectivity index (χ3v) is 5.38. The van der Waals surface area contributed by atoms with E-state index in [0.29, 0.717) is 22.0 Å². The highest BCUT2D eigenvalue weighted by Gasteiger charge is 2.27. The van der Waals surface area contributed by atoms with Crippen molar-refractivity contribution in [3.63, 3.8) is 0 Å². The highest BCUT2D eigenvalue weighted by molar-refractivity contribution is 6.17. The summed E-state index contributed by atoms with van der Waals surface area (Å²) < 4.78 is 16.0. The van der Waals surface area contributed by atoms with Gasteiger partial charge in [0.1, 0.15) is 11.5 Å². The average molecular weight is 413 g/mol. The number of aromatic carboxylic acids is 1. The van der Waals surface area contributed by atoms with E-state index in [0.717, 1.165) is 5.39 Å². The van der Waals surface area contributed by atoms with Crippen LogP contribution in [-0.2, 0) is 6.54 Å². The Morgan fingerprint density at radius 1 is 1.06 bits per heavy atom. The lowest BCUT2D eigenvalue weighted by atomic mass is 10.0. The Morgan fingerprint density at radius 3 is 2.68 bits per heavy atom. The number of rotatable bonds is 4. The third kappa shape index (κ3) is 2.98. The molecule has 0 bridgehead atoms. The van der Waals surface area contributed by atoms with Crippen molar-refractivity contribution in [1.82, 2.24) is 14.5 Å². The van der Waals surface area contributed by atoms with Crippen molar-refractivity contribution in [3.8, 4) is 11.1 Å². The first-order valence-corrected chi connectivity index (χ1v) is 9.61. The van der Waals surface area contributed by atoms with E-state index < -0.39 is 17.3 Å². The summed E-state index contributed by atoms with van der Waals surface area (Å²) in [4.78, 5) is 32.2. The Bertz CT molecular complexity index is 1530. The van der Waals surface area contributed by atoms with Gasteiger partial charge in [-0.15, -0.1) is 0 Å². The Morgan fingerprint density at radius 2 is 1.90 bits per heavy atom. The monoisotopic (exact) mass is 413 g/mol. The first kappa shape index (κ1) is 18.7. The van der Waals surface area contributed by atoms with Gasteiger partial charge in [-0.3, -0.25) is 9.78 Å². The zero-order chi connectivity index (χ0) is 21.5. The fourth-order valence-electron chi connectivity index (χ4n) is 4.04. The van der Waals surface area contributed by atoms with Gasteiger partial charge in [-0.1, -0.05) is 30.3 Å². The first-order chi connectivity index (χ1) is 15.1. The van der Waals surface area contributed by atoms with E-state index in [4.69, 9.17) is 0 Å². The molecule has 0 saturated heterocycles. The fourth-order valence-corrected chi connectivity index (χ4v) is 4.04. The topological polar surface area (TPSA) is 88.0 Å². The molecule has 6 nitrogen and oxygen atoms in total. The minimum absolute atomic E-state index is 0.00607. The van der Waals surface area contributed by atoms with Crippen LogP contribution in [0.25, 0.3) is 32.9 Å². The van der Waals surface area contributed by atoms with Crippen LogP contribution < -0.4 is 5.56 Å². The lowest BCUT2D eigenvalue weighted by molar-refractivity contribution is 0.0687. The zero-order valence-corrected chi connectivity index (χ0v) is 16.2. The summed E-state index contributed by atoms with van der Waals surface area (Å²) in [7, 11) is 0. The minimum Gasteiger partial charge on any atom is -0.477 e. The van der Waals surface area contributed by atoms with Crippen molar-refractivity contribution in [2.24, 2.45) is 0 Å². The number of halogens is 1. The molecule has 3 aromatic heterocycles. The molecule has 0 atom stereocenters. The number of nitrogens with one attached hydrogen (secondary N) is 1. The van der Waals surface area contributed by atoms with Crippen LogP contribution in [0.3, 0.4) is 0 Å². The largest absolute Gasteiger partial charge is 0.477 e. The number of carbonyl (C=O) groups is 1. The van der Waals surface area contributed by atoms with Crippen LogP contribution in [0.2, 0.25) is 0 Å². The number of carboxylic acid groups (broad SMARTS) is 1. The van der Waals surface area contributed by atoms with Crippen molar-refractivity contribution in [1.29, 1.82) is 0 Å². The summed E-state index contributed by atoms with van der Waals surface area (Å²) in [6.45, 7) is -0.00607. The number of H-pyrrole nitrogens is 1. The van der Waals surface area contributed by atoms with Gasteiger partial charge in [0.15, 0.2) is 0 Å². The van der Waals surface area contributed by atoms with Crippen LogP contribution in [0.15, 0.2) is 77.9 Å². The van der Waals surface area contributed by atoms with Crippen molar-refractivity contribution >= 4 is 27.8 Å². The molecule has 0 aliphatic heterocycles. The van der Waals surface area contributed by atoms with Gasteiger partial charge < -0.3 is 14.7 Å². The van der Waals surface area contributed by atoms with E-state index in [2.05, 4.69) is 9.97 Å². The van der Waals surface area contributed by atoms with Crippen LogP contribution in [0.1, 0.15) is 16.1 Å². The fraction of sp³-hybridized carbons (Fsp3) is 0.0417. The first-order valence-electron chi connectivity index (χ1n) is 9.61. The molecule has 2 aromatic carbocycles. The second kappa shape index (κ2) is 7.21. The molecule has 7 heteroatoms. The number of fused-ring (bicyclic) bond motifs is 3. The minimum atomic E-state index is -1.21. The van der Waals surface area contributed by atoms with Gasteiger partial charge in [-0.05, 0) is 30.3 Å². The highest BCUT2D eigenvalue weighted by Crippen LogP contribution is 2.38. The normalized spacial score (nSPS) is 11.3. The smallest absolute Gasteiger partial charge is 0.353 e. The number of pyridine rings is 2. The number of benzene rings is 2. The summed E-state index contributed by atoms with van der Waals surface area (Å²) in [5.41, 5.74) is 1.46. The Balaban J connectivity index is 1.96. The molecule has 5 aromatic rings. The summed E-state index contributed by atoms with van der Waals surface area (Å²) in [5.74, 6) is -1.64. The van der Waals surface area contributed by atoms with Crippen LogP contribution in [0, 0.1) is 5.82 Å². The molecule has 152 valence electrons. The maximum atomic E-state index is 14.4. The maximum Gasteiger partial charge on any atom is 0.353 e. The van der Waals surface area contributed by atoms with Crippen LogP contribution >= 0.6 is 0 Å². The molecule has 0 saturated carbocycles. The van der Waals surface area contributed by atoms with Crippen LogP contribution in [0.5, 0.6) is 0 Å². The standard InChI is InChI=1S/C24H16FN3O3/c25-17-8-2-1-5-15(17)13-28-18-10-9-14-6-3-11-26-21(14)20(18)19(22(28)24(30)31)16-7-4-12-27-23(16)29/h1-12H,13H2,(H,27,29)(H,30,31). The van der Waals surface area contributed by atoms with E-state index in [1.807, 2.05) is 12.1 Å². The molecule has 0 fully saturated rings. The Hall–Kier alpha value is -4.26. The molecule has 31 heavy (non-hydrogen) atoms. The molecule has 0 unspecified atom stereocenters. The van der Waals surface area contributed by atoms with Crippen molar-refractivity contribution in [3.05, 3.63) is 100 Å². The zero-order valence-electron chi connectivity index (χ0n) is 16.2. The number of hydrogen-bond acceptors (Lipinski definition) is 3. The van der Waals surface area contributed by atoms with Gasteiger partial charge >= 0.3 is 5.97 Å². The summed E-state index contributed by atoms with van der Waals surface area (Å²) >= 11 is 0. The van der Waals surface area contributed by atoms with Crippen molar-refractivity contribution < 1.29 is 14.3 Å². The van der Waals surface area contributed by atoms with Gasteiger partial charge in [0.25, 0.3) is 5.56 Å². The van der Waals surface area contributed by atoms with Crippen LogP contribution in [-0.4, -0.2) is 25.6 Å². The molecule has 2 N–H and O–H groups in total. The van der Waals surface area contributed by atoms with Gasteiger partial charge in [0.2, 0.25) is 0 Å². The van der Waals surface area contributed by atoms with Crippen molar-refractivity contribution in [2.75, 3.05) is 0 Å². The Kier molecular flexibility index (Phi) is 4.36. The number of carboxylic acids is 1. The third-order valence-electron chi connectivity index (χ3n) is 5.38. The number of nitrogens with zero attached hydrogens (tertiary/aromatic N) is 2. The predicted octanol–water partition coefficient (Wildman–Crippen LogP) is 4.43. The van der Waals surface area contributed by atoms with E-state index in [-0.39, 0.29) is 23.4 Å². The molecule has 0 aliphatic rings. The van der Waals surface area contributed by atoms with E-state index in [1.165, 1.54) is 16.8 Å². The number of hydrogen-bond donors (Lipinski definition) is 2. The second-order valence-corrected chi connectivity index (χ2v) is 7.15. The summed E-state index contributed by atoms with van der Waals surface area (Å²) in [6.07, 6.45) is 3.11. The quantitative estimate of drug-likeness (QED) is 0.456. The van der Waals surface area contributed by atoms with Crippen molar-refractivity contribution in [2.45, 2.75) is 6.54 Å². The summed E-state index contributed by atoms with van der Waals surface area (Å²) in [5, 5.41) is 11.5. The van der Waals surface area contributed by atoms with Gasteiger partial charge in [-0.25, -0.2) is 9.18 Å². The SMILES string of the molecule is O=C(O)c1c(-c2ccc[nH]c2=O)c2c3ncccc3ccc2n1Cc1ccccc1F. The molecular formula is C24H16FN3O3. The molecule has 3 heterocycles.